The lowest BCUT2D eigenvalue weighted by Crippen LogP contribution is -2.37. The van der Waals surface area contributed by atoms with E-state index in [9.17, 15) is 16.8 Å². The molecule has 0 saturated carbocycles. The van der Waals surface area contributed by atoms with Crippen LogP contribution in [-0.2, 0) is 20.0 Å². The van der Waals surface area contributed by atoms with Crippen LogP contribution in [0.5, 0.6) is 0 Å². The van der Waals surface area contributed by atoms with Crippen LogP contribution in [0, 0.1) is 5.92 Å². The number of nitrogens with zero attached hydrogens (tertiary/aromatic N) is 1. The quantitative estimate of drug-likeness (QED) is 0.709. The molecule has 2 aromatic rings. The first-order valence-corrected chi connectivity index (χ1v) is 12.6. The zero-order valence-electron chi connectivity index (χ0n) is 14.1. The molecular formula is C16H19BrN2O4S3. The summed E-state index contributed by atoms with van der Waals surface area (Å²) in [5, 5.41) is 0. The van der Waals surface area contributed by atoms with Gasteiger partial charge in [-0.15, -0.1) is 11.3 Å². The fraction of sp³-hybridized carbons (Fsp3) is 0.375. The molecule has 0 atom stereocenters. The van der Waals surface area contributed by atoms with Crippen molar-refractivity contribution >= 4 is 53.0 Å². The minimum Gasteiger partial charge on any atom is -0.279 e. The lowest BCUT2D eigenvalue weighted by atomic mass is 10.0. The van der Waals surface area contributed by atoms with Gasteiger partial charge in [0.2, 0.25) is 10.0 Å². The summed E-state index contributed by atoms with van der Waals surface area (Å²) in [5.74, 6) is 0.538. The van der Waals surface area contributed by atoms with Crippen molar-refractivity contribution in [3.63, 3.8) is 0 Å². The third-order valence-corrected chi connectivity index (χ3v) is 9.71. The molecule has 10 heteroatoms. The molecule has 0 aliphatic carbocycles. The van der Waals surface area contributed by atoms with Crippen molar-refractivity contribution in [3.8, 4) is 0 Å². The van der Waals surface area contributed by atoms with Crippen LogP contribution in [0.15, 0.2) is 49.3 Å². The van der Waals surface area contributed by atoms with Crippen molar-refractivity contribution in [2.45, 2.75) is 28.9 Å². The minimum absolute atomic E-state index is 0.175. The van der Waals surface area contributed by atoms with E-state index in [4.69, 9.17) is 0 Å². The van der Waals surface area contributed by atoms with Gasteiger partial charge in [0, 0.05) is 18.8 Å². The molecule has 1 aromatic heterocycles. The Morgan fingerprint density at radius 2 is 1.65 bits per heavy atom. The molecule has 1 aliphatic rings. The average Bonchev–Trinajstić information content (AvgIpc) is 3.03. The van der Waals surface area contributed by atoms with E-state index < -0.39 is 20.0 Å². The number of hydrogen-bond donors (Lipinski definition) is 1. The largest absolute Gasteiger partial charge is 0.279 e. The maximum Gasteiger partial charge on any atom is 0.271 e. The van der Waals surface area contributed by atoms with Crippen LogP contribution >= 0.6 is 27.3 Å². The molecule has 26 heavy (non-hydrogen) atoms. The summed E-state index contributed by atoms with van der Waals surface area (Å²) in [6.45, 7) is 3.16. The topological polar surface area (TPSA) is 83.6 Å². The lowest BCUT2D eigenvalue weighted by Gasteiger charge is -2.29. The van der Waals surface area contributed by atoms with Gasteiger partial charge in [0.25, 0.3) is 10.0 Å². The molecule has 1 saturated heterocycles. The first-order chi connectivity index (χ1) is 12.2. The van der Waals surface area contributed by atoms with Gasteiger partial charge in [-0.1, -0.05) is 6.92 Å². The highest BCUT2D eigenvalue weighted by molar-refractivity contribution is 9.11. The van der Waals surface area contributed by atoms with Crippen LogP contribution in [0.1, 0.15) is 19.8 Å². The minimum atomic E-state index is -3.69. The van der Waals surface area contributed by atoms with Gasteiger partial charge in [0.1, 0.15) is 4.21 Å². The predicted octanol–water partition coefficient (Wildman–Crippen LogP) is 3.73. The maximum atomic E-state index is 12.7. The smallest absolute Gasteiger partial charge is 0.271 e. The molecule has 1 aromatic carbocycles. The Morgan fingerprint density at radius 1 is 1.04 bits per heavy atom. The molecule has 0 bridgehead atoms. The van der Waals surface area contributed by atoms with Gasteiger partial charge >= 0.3 is 0 Å². The molecule has 0 amide bonds. The van der Waals surface area contributed by atoms with Crippen LogP contribution in [0.2, 0.25) is 0 Å². The Bertz CT molecular complexity index is 977. The Morgan fingerprint density at radius 3 is 2.19 bits per heavy atom. The van der Waals surface area contributed by atoms with Crippen molar-refractivity contribution in [2.75, 3.05) is 17.8 Å². The van der Waals surface area contributed by atoms with Crippen LogP contribution in [-0.4, -0.2) is 34.2 Å². The number of anilines is 1. The van der Waals surface area contributed by atoms with Crippen LogP contribution in [0.3, 0.4) is 0 Å². The van der Waals surface area contributed by atoms with E-state index in [1.54, 1.807) is 6.07 Å². The van der Waals surface area contributed by atoms with Gasteiger partial charge in [-0.2, -0.15) is 4.31 Å². The molecule has 1 aliphatic heterocycles. The summed E-state index contributed by atoms with van der Waals surface area (Å²) in [4.78, 5) is 0.175. The Hall–Kier alpha value is -0.940. The number of halogens is 1. The summed E-state index contributed by atoms with van der Waals surface area (Å²) in [5.41, 5.74) is 0.320. The molecule has 6 nitrogen and oxygen atoms in total. The zero-order valence-corrected chi connectivity index (χ0v) is 18.1. The fourth-order valence-corrected chi connectivity index (χ4v) is 7.26. The fourth-order valence-electron chi connectivity index (χ4n) is 2.72. The van der Waals surface area contributed by atoms with Crippen molar-refractivity contribution < 1.29 is 16.8 Å². The number of thiophene rings is 1. The molecule has 142 valence electrons. The Labute approximate surface area is 166 Å². The highest BCUT2D eigenvalue weighted by Crippen LogP contribution is 2.28. The van der Waals surface area contributed by atoms with E-state index in [-0.39, 0.29) is 9.10 Å². The van der Waals surface area contributed by atoms with Gasteiger partial charge in [0.05, 0.1) is 8.68 Å². The molecule has 0 unspecified atom stereocenters. The van der Waals surface area contributed by atoms with Gasteiger partial charge in [0.15, 0.2) is 0 Å². The van der Waals surface area contributed by atoms with Crippen LogP contribution in [0.25, 0.3) is 0 Å². The summed E-state index contributed by atoms with van der Waals surface area (Å²) < 4.78 is 54.9. The number of hydrogen-bond acceptors (Lipinski definition) is 5. The van der Waals surface area contributed by atoms with E-state index in [0.717, 1.165) is 28.0 Å². The predicted molar refractivity (Wildman–Crippen MR) is 106 cm³/mol. The van der Waals surface area contributed by atoms with Gasteiger partial charge < -0.3 is 0 Å². The zero-order chi connectivity index (χ0) is 18.9. The van der Waals surface area contributed by atoms with E-state index >= 15 is 0 Å². The Kier molecular flexibility index (Phi) is 5.78. The molecule has 3 rings (SSSR count). The van der Waals surface area contributed by atoms with Gasteiger partial charge in [-0.05, 0) is 71.1 Å². The van der Waals surface area contributed by atoms with Gasteiger partial charge in [-0.25, -0.2) is 16.8 Å². The van der Waals surface area contributed by atoms with Crippen molar-refractivity contribution in [1.29, 1.82) is 0 Å². The molecule has 0 spiro atoms. The van der Waals surface area contributed by atoms with Crippen LogP contribution in [0.4, 0.5) is 5.69 Å². The number of piperidine rings is 1. The third kappa shape index (κ3) is 4.30. The second kappa shape index (κ2) is 7.59. The van der Waals surface area contributed by atoms with E-state index in [1.807, 2.05) is 0 Å². The number of rotatable bonds is 5. The first-order valence-electron chi connectivity index (χ1n) is 8.07. The van der Waals surface area contributed by atoms with E-state index in [2.05, 4.69) is 27.6 Å². The summed E-state index contributed by atoms with van der Waals surface area (Å²) >= 11 is 4.34. The number of nitrogens with one attached hydrogen (secondary N) is 1. The highest BCUT2D eigenvalue weighted by atomic mass is 79.9. The molecule has 0 radical (unpaired) electrons. The van der Waals surface area contributed by atoms with Crippen molar-refractivity contribution in [3.05, 3.63) is 40.2 Å². The Balaban J connectivity index is 1.76. The monoisotopic (exact) mass is 478 g/mol. The third-order valence-electron chi connectivity index (χ3n) is 4.30. The normalized spacial score (nSPS) is 17.3. The second-order valence-corrected chi connectivity index (χ2v) is 12.6. The number of sulfonamides is 2. The van der Waals surface area contributed by atoms with Crippen LogP contribution < -0.4 is 4.72 Å². The SMILES string of the molecule is CC1CCN(S(=O)(=O)c2ccc(NS(=O)(=O)c3ccc(Br)s3)cc2)CC1. The standard InChI is InChI=1S/C16H19BrN2O4S3/c1-12-8-10-19(11-9-12)26(22,23)14-4-2-13(3-5-14)18-25(20,21)16-7-6-15(17)24-16/h2-7,12,18H,8-11H2,1H3. The van der Waals surface area contributed by atoms with Crippen molar-refractivity contribution in [1.82, 2.24) is 4.31 Å². The van der Waals surface area contributed by atoms with E-state index in [0.29, 0.717) is 24.7 Å². The van der Waals surface area contributed by atoms with E-state index in [1.165, 1.54) is 34.6 Å². The second-order valence-electron chi connectivity index (χ2n) is 6.28. The lowest BCUT2D eigenvalue weighted by molar-refractivity contribution is 0.288. The molecule has 2 heterocycles. The average molecular weight is 479 g/mol. The first kappa shape index (κ1) is 19.8. The summed E-state index contributed by atoms with van der Waals surface area (Å²) in [6, 6.07) is 8.99. The molecule has 1 N–H and O–H groups in total. The molecular weight excluding hydrogens is 460 g/mol. The highest BCUT2D eigenvalue weighted by Gasteiger charge is 2.28. The molecule has 1 fully saturated rings. The van der Waals surface area contributed by atoms with Gasteiger partial charge in [-0.3, -0.25) is 4.72 Å². The van der Waals surface area contributed by atoms with Crippen molar-refractivity contribution in [2.24, 2.45) is 5.92 Å². The summed E-state index contributed by atoms with van der Waals surface area (Å²) in [6.07, 6.45) is 1.71. The maximum absolute atomic E-state index is 12.7. The summed E-state index contributed by atoms with van der Waals surface area (Å²) in [7, 11) is -7.23. The number of benzene rings is 1.